The van der Waals surface area contributed by atoms with E-state index >= 15 is 0 Å². The lowest BCUT2D eigenvalue weighted by Gasteiger charge is -2.17. The summed E-state index contributed by atoms with van der Waals surface area (Å²) in [6.45, 7) is 6.64. The summed E-state index contributed by atoms with van der Waals surface area (Å²) in [7, 11) is 0. The molecule has 0 aliphatic rings. The van der Waals surface area contributed by atoms with Crippen molar-refractivity contribution in [3.63, 3.8) is 0 Å². The molecule has 0 saturated heterocycles. The lowest BCUT2D eigenvalue weighted by molar-refractivity contribution is 0.539. The van der Waals surface area contributed by atoms with Crippen molar-refractivity contribution in [3.05, 3.63) is 31.0 Å². The molecule has 1 N–H and O–H groups in total. The molecule has 5 heteroatoms. The zero-order valence-electron chi connectivity index (χ0n) is 11.0. The highest BCUT2D eigenvalue weighted by molar-refractivity contribution is 5.44. The van der Waals surface area contributed by atoms with Gasteiger partial charge in [0.2, 0.25) is 0 Å². The van der Waals surface area contributed by atoms with Crippen LogP contribution in [-0.2, 0) is 0 Å². The monoisotopic (exact) mass is 245 g/mol. The molecule has 0 radical (unpaired) electrons. The van der Waals surface area contributed by atoms with Gasteiger partial charge in [-0.05, 0) is 31.4 Å². The van der Waals surface area contributed by atoms with Gasteiger partial charge in [-0.3, -0.25) is 0 Å². The highest BCUT2D eigenvalue weighted by atomic mass is 15.3. The highest BCUT2D eigenvalue weighted by Crippen LogP contribution is 2.13. The molecular weight excluding hydrogens is 226 g/mol. The minimum Gasteiger partial charge on any atom is -0.381 e. The molecule has 0 spiro atoms. The van der Waals surface area contributed by atoms with Gasteiger partial charge in [0, 0.05) is 6.04 Å². The number of aromatic nitrogens is 4. The van der Waals surface area contributed by atoms with Gasteiger partial charge in [-0.15, -0.1) is 0 Å². The summed E-state index contributed by atoms with van der Waals surface area (Å²) in [4.78, 5) is 8.25. The number of hydrogen-bond acceptors (Lipinski definition) is 4. The third-order valence-electron chi connectivity index (χ3n) is 2.64. The second kappa shape index (κ2) is 5.62. The fourth-order valence-corrected chi connectivity index (χ4v) is 1.98. The lowest BCUT2D eigenvalue weighted by Crippen LogP contribution is -2.17. The van der Waals surface area contributed by atoms with Crippen molar-refractivity contribution in [2.24, 2.45) is 5.92 Å². The molecule has 2 rings (SSSR count). The predicted molar refractivity (Wildman–Crippen MR) is 71.7 cm³/mol. The Hall–Kier alpha value is -1.91. The maximum Gasteiger partial charge on any atom is 0.155 e. The number of anilines is 1. The van der Waals surface area contributed by atoms with E-state index in [1.165, 1.54) is 6.33 Å². The van der Waals surface area contributed by atoms with Crippen molar-refractivity contribution >= 4 is 5.69 Å². The van der Waals surface area contributed by atoms with Crippen LogP contribution in [0, 0.1) is 5.92 Å². The summed E-state index contributed by atoms with van der Waals surface area (Å²) in [5, 5.41) is 7.48. The van der Waals surface area contributed by atoms with Crippen LogP contribution in [0.4, 0.5) is 5.69 Å². The van der Waals surface area contributed by atoms with Crippen molar-refractivity contribution in [2.45, 2.75) is 33.2 Å². The molecule has 2 heterocycles. The van der Waals surface area contributed by atoms with E-state index in [4.69, 9.17) is 0 Å². The lowest BCUT2D eigenvalue weighted by atomic mass is 10.1. The topological polar surface area (TPSA) is 55.6 Å². The van der Waals surface area contributed by atoms with E-state index < -0.39 is 0 Å². The summed E-state index contributed by atoms with van der Waals surface area (Å²) in [5.74, 6) is 1.46. The molecule has 0 aliphatic carbocycles. The predicted octanol–water partition coefficient (Wildman–Crippen LogP) is 2.51. The van der Waals surface area contributed by atoms with Crippen molar-refractivity contribution < 1.29 is 0 Å². The molecular formula is C13H19N5. The second-order valence-electron chi connectivity index (χ2n) is 4.92. The van der Waals surface area contributed by atoms with E-state index in [2.05, 4.69) is 41.2 Å². The van der Waals surface area contributed by atoms with Gasteiger partial charge in [0.25, 0.3) is 0 Å². The molecule has 1 atom stereocenters. The van der Waals surface area contributed by atoms with Crippen molar-refractivity contribution in [1.82, 2.24) is 19.7 Å². The molecule has 2 aromatic heterocycles. The van der Waals surface area contributed by atoms with E-state index in [-0.39, 0.29) is 0 Å². The number of nitrogens with zero attached hydrogens (tertiary/aromatic N) is 4. The Bertz CT molecular complexity index is 461. The van der Waals surface area contributed by atoms with Gasteiger partial charge in [0.05, 0.1) is 11.9 Å². The molecule has 0 fully saturated rings. The maximum atomic E-state index is 4.35. The first-order valence-corrected chi connectivity index (χ1v) is 6.22. The van der Waals surface area contributed by atoms with Crippen LogP contribution >= 0.6 is 0 Å². The van der Waals surface area contributed by atoms with Crippen LogP contribution in [0.1, 0.15) is 27.2 Å². The number of nitrogens with one attached hydrogen (secondary N) is 1. The van der Waals surface area contributed by atoms with E-state index in [0.717, 1.165) is 17.9 Å². The molecule has 2 aromatic rings. The third-order valence-corrected chi connectivity index (χ3v) is 2.64. The van der Waals surface area contributed by atoms with Crippen molar-refractivity contribution in [3.8, 4) is 5.82 Å². The SMILES string of the molecule is CC(C)CC(C)Nc1ccc(-n2cncn2)nc1. The minimum atomic E-state index is 0.448. The third kappa shape index (κ3) is 3.29. The van der Waals surface area contributed by atoms with Gasteiger partial charge in [0.1, 0.15) is 12.7 Å². The van der Waals surface area contributed by atoms with Gasteiger partial charge in [-0.25, -0.2) is 14.6 Å². The molecule has 0 aromatic carbocycles. The molecule has 0 aliphatic heterocycles. The maximum absolute atomic E-state index is 4.35. The largest absolute Gasteiger partial charge is 0.381 e. The van der Waals surface area contributed by atoms with Crippen LogP contribution in [0.2, 0.25) is 0 Å². The van der Waals surface area contributed by atoms with Crippen LogP contribution in [0.15, 0.2) is 31.0 Å². The Morgan fingerprint density at radius 1 is 1.28 bits per heavy atom. The van der Waals surface area contributed by atoms with Gasteiger partial charge >= 0.3 is 0 Å². The summed E-state index contributed by atoms with van der Waals surface area (Å²) >= 11 is 0. The van der Waals surface area contributed by atoms with E-state index in [1.807, 2.05) is 18.3 Å². The molecule has 0 amide bonds. The summed E-state index contributed by atoms with van der Waals surface area (Å²) in [6.07, 6.45) is 6.11. The van der Waals surface area contributed by atoms with Crippen LogP contribution in [0.5, 0.6) is 0 Å². The Balaban J connectivity index is 2.00. The molecule has 18 heavy (non-hydrogen) atoms. The van der Waals surface area contributed by atoms with Gasteiger partial charge < -0.3 is 5.32 Å². The van der Waals surface area contributed by atoms with Gasteiger partial charge in [-0.2, -0.15) is 5.10 Å². The number of pyridine rings is 1. The zero-order chi connectivity index (χ0) is 13.0. The minimum absolute atomic E-state index is 0.448. The average molecular weight is 245 g/mol. The number of rotatable bonds is 5. The summed E-state index contributed by atoms with van der Waals surface area (Å²) < 4.78 is 1.64. The zero-order valence-corrected chi connectivity index (χ0v) is 11.0. The van der Waals surface area contributed by atoms with Crippen LogP contribution in [-0.4, -0.2) is 25.8 Å². The van der Waals surface area contributed by atoms with E-state index in [1.54, 1.807) is 11.0 Å². The molecule has 96 valence electrons. The fraction of sp³-hybridized carbons (Fsp3) is 0.462. The highest BCUT2D eigenvalue weighted by Gasteiger charge is 2.05. The molecule has 5 nitrogen and oxygen atoms in total. The smallest absolute Gasteiger partial charge is 0.155 e. The standard InChI is InChI=1S/C13H19N5/c1-10(2)6-11(3)17-12-4-5-13(15-7-12)18-9-14-8-16-18/h4-5,7-11,17H,6H2,1-3H3. The molecule has 0 saturated carbocycles. The van der Waals surface area contributed by atoms with Crippen LogP contribution < -0.4 is 5.32 Å². The summed E-state index contributed by atoms with van der Waals surface area (Å²) in [5.41, 5.74) is 1.03. The Kier molecular flexibility index (Phi) is 3.92. The first-order chi connectivity index (χ1) is 8.65. The quantitative estimate of drug-likeness (QED) is 0.879. The van der Waals surface area contributed by atoms with Gasteiger partial charge in [0.15, 0.2) is 5.82 Å². The van der Waals surface area contributed by atoms with Gasteiger partial charge in [-0.1, -0.05) is 13.8 Å². The fourth-order valence-electron chi connectivity index (χ4n) is 1.98. The Morgan fingerprint density at radius 2 is 2.11 bits per heavy atom. The first kappa shape index (κ1) is 12.5. The second-order valence-corrected chi connectivity index (χ2v) is 4.92. The van der Waals surface area contributed by atoms with Crippen molar-refractivity contribution in [1.29, 1.82) is 0 Å². The van der Waals surface area contributed by atoms with E-state index in [0.29, 0.717) is 12.0 Å². The van der Waals surface area contributed by atoms with Crippen LogP contribution in [0.25, 0.3) is 5.82 Å². The van der Waals surface area contributed by atoms with E-state index in [9.17, 15) is 0 Å². The Morgan fingerprint density at radius 3 is 2.67 bits per heavy atom. The average Bonchev–Trinajstić information content (AvgIpc) is 2.82. The first-order valence-electron chi connectivity index (χ1n) is 6.22. The normalized spacial score (nSPS) is 12.7. The summed E-state index contributed by atoms with van der Waals surface area (Å²) in [6, 6.07) is 4.39. The van der Waals surface area contributed by atoms with Crippen molar-refractivity contribution in [2.75, 3.05) is 5.32 Å². The number of hydrogen-bond donors (Lipinski definition) is 1. The molecule has 0 bridgehead atoms. The van der Waals surface area contributed by atoms with Crippen LogP contribution in [0.3, 0.4) is 0 Å². The molecule has 1 unspecified atom stereocenters. The Labute approximate surface area is 107 Å².